The second-order valence-electron chi connectivity index (χ2n) is 7.42. The molecule has 1 fully saturated rings. The Bertz CT molecular complexity index is 869. The molecule has 0 spiro atoms. The average Bonchev–Trinajstić information content (AvgIpc) is 3.26. The van der Waals surface area contributed by atoms with Gasteiger partial charge >= 0.3 is 0 Å². The molecule has 2 aromatic carbocycles. The van der Waals surface area contributed by atoms with E-state index in [0.29, 0.717) is 0 Å². The molecule has 1 aliphatic rings. The number of ether oxygens (including phenoxy) is 1. The van der Waals surface area contributed by atoms with E-state index in [1.807, 2.05) is 28.9 Å². The number of hydrogen-bond acceptors (Lipinski definition) is 5. The highest BCUT2D eigenvalue weighted by Gasteiger charge is 2.38. The molecule has 28 heavy (non-hydrogen) atoms. The van der Waals surface area contributed by atoms with E-state index in [2.05, 4.69) is 51.2 Å². The number of tetrazole rings is 1. The van der Waals surface area contributed by atoms with Crippen molar-refractivity contribution in [3.05, 3.63) is 66.0 Å². The van der Waals surface area contributed by atoms with Crippen molar-refractivity contribution in [1.29, 1.82) is 0 Å². The zero-order chi connectivity index (χ0) is 19.2. The first kappa shape index (κ1) is 18.6. The Kier molecular flexibility index (Phi) is 5.67. The van der Waals surface area contributed by atoms with Crippen LogP contribution in [0.3, 0.4) is 0 Å². The average molecular weight is 377 g/mol. The number of benzene rings is 2. The molecule has 0 radical (unpaired) electrons. The maximum atomic E-state index is 5.27. The topological polar surface area (TPSA) is 64.9 Å². The first-order valence-electron chi connectivity index (χ1n) is 10.0. The maximum Gasteiger partial charge on any atom is 0.176 e. The molecule has 1 heterocycles. The smallest absolute Gasteiger partial charge is 0.176 e. The molecule has 0 saturated heterocycles. The Morgan fingerprint density at radius 1 is 1.00 bits per heavy atom. The van der Waals surface area contributed by atoms with Gasteiger partial charge in [-0.2, -0.15) is 4.68 Å². The van der Waals surface area contributed by atoms with Gasteiger partial charge in [-0.05, 0) is 59.5 Å². The summed E-state index contributed by atoms with van der Waals surface area (Å²) in [6.07, 6.45) is 6.75. The number of nitrogens with one attached hydrogen (secondary N) is 1. The molecule has 0 unspecified atom stereocenters. The SMILES string of the molecule is COc1ccc(-n2nnnc2C2(NCCc3ccccc3)CCCCC2)cc1. The van der Waals surface area contributed by atoms with Crippen LogP contribution in [-0.4, -0.2) is 33.9 Å². The van der Waals surface area contributed by atoms with Gasteiger partial charge in [0.2, 0.25) is 0 Å². The predicted molar refractivity (Wildman–Crippen MR) is 109 cm³/mol. The molecular formula is C22H27N5O. The largest absolute Gasteiger partial charge is 0.497 e. The summed E-state index contributed by atoms with van der Waals surface area (Å²) in [7, 11) is 1.67. The maximum absolute atomic E-state index is 5.27. The van der Waals surface area contributed by atoms with Gasteiger partial charge in [0.05, 0.1) is 18.3 Å². The third-order valence-electron chi connectivity index (χ3n) is 5.64. The molecule has 1 aromatic heterocycles. The molecule has 0 bridgehead atoms. The summed E-state index contributed by atoms with van der Waals surface area (Å²) >= 11 is 0. The van der Waals surface area contributed by atoms with E-state index in [9.17, 15) is 0 Å². The van der Waals surface area contributed by atoms with Crippen LogP contribution in [0.15, 0.2) is 54.6 Å². The zero-order valence-corrected chi connectivity index (χ0v) is 16.3. The molecule has 1 saturated carbocycles. The van der Waals surface area contributed by atoms with Crippen LogP contribution in [-0.2, 0) is 12.0 Å². The molecule has 3 aromatic rings. The number of aromatic nitrogens is 4. The monoisotopic (exact) mass is 377 g/mol. The zero-order valence-electron chi connectivity index (χ0n) is 16.3. The van der Waals surface area contributed by atoms with Crippen LogP contribution in [0.4, 0.5) is 0 Å². The Morgan fingerprint density at radius 3 is 2.46 bits per heavy atom. The van der Waals surface area contributed by atoms with Gasteiger partial charge in [-0.1, -0.05) is 49.6 Å². The van der Waals surface area contributed by atoms with Gasteiger partial charge in [0, 0.05) is 6.54 Å². The quantitative estimate of drug-likeness (QED) is 0.681. The minimum atomic E-state index is -0.184. The van der Waals surface area contributed by atoms with E-state index in [0.717, 1.165) is 43.1 Å². The molecule has 0 amide bonds. The Balaban J connectivity index is 1.58. The van der Waals surface area contributed by atoms with Crippen molar-refractivity contribution in [2.24, 2.45) is 0 Å². The van der Waals surface area contributed by atoms with Crippen LogP contribution in [0.1, 0.15) is 43.5 Å². The number of rotatable bonds is 7. The van der Waals surface area contributed by atoms with Crippen LogP contribution < -0.4 is 10.1 Å². The summed E-state index contributed by atoms with van der Waals surface area (Å²) in [5.74, 6) is 1.73. The summed E-state index contributed by atoms with van der Waals surface area (Å²) in [4.78, 5) is 0. The van der Waals surface area contributed by atoms with Crippen molar-refractivity contribution in [1.82, 2.24) is 25.5 Å². The highest BCUT2D eigenvalue weighted by molar-refractivity contribution is 5.37. The standard InChI is InChI=1S/C22H27N5O/c1-28-20-12-10-19(11-13-20)27-21(24-25-26-27)22(15-6-3-7-16-22)23-17-14-18-8-4-2-5-9-18/h2,4-5,8-13,23H,3,6-7,14-17H2,1H3. The van der Waals surface area contributed by atoms with Gasteiger partial charge in [-0.3, -0.25) is 0 Å². The van der Waals surface area contributed by atoms with Crippen LogP contribution in [0.2, 0.25) is 0 Å². The lowest BCUT2D eigenvalue weighted by atomic mass is 9.80. The summed E-state index contributed by atoms with van der Waals surface area (Å²) in [6.45, 7) is 0.902. The second kappa shape index (κ2) is 8.52. The predicted octanol–water partition coefficient (Wildman–Crippen LogP) is 3.66. The number of nitrogens with zero attached hydrogens (tertiary/aromatic N) is 4. The third kappa shape index (κ3) is 3.92. The normalized spacial score (nSPS) is 16.0. The van der Waals surface area contributed by atoms with Gasteiger partial charge in [-0.15, -0.1) is 5.10 Å². The third-order valence-corrected chi connectivity index (χ3v) is 5.64. The van der Waals surface area contributed by atoms with Crippen LogP contribution in [0.5, 0.6) is 5.75 Å². The van der Waals surface area contributed by atoms with E-state index in [-0.39, 0.29) is 5.54 Å². The highest BCUT2D eigenvalue weighted by Crippen LogP contribution is 2.36. The van der Waals surface area contributed by atoms with E-state index in [1.165, 1.54) is 24.8 Å². The summed E-state index contributed by atoms with van der Waals surface area (Å²) in [5, 5.41) is 16.6. The van der Waals surface area contributed by atoms with E-state index >= 15 is 0 Å². The van der Waals surface area contributed by atoms with Crippen molar-refractivity contribution < 1.29 is 4.74 Å². The first-order chi connectivity index (χ1) is 13.8. The van der Waals surface area contributed by atoms with E-state index in [4.69, 9.17) is 4.74 Å². The van der Waals surface area contributed by atoms with Gasteiger partial charge in [-0.25, -0.2) is 0 Å². The van der Waals surface area contributed by atoms with Crippen LogP contribution in [0.25, 0.3) is 5.69 Å². The minimum absolute atomic E-state index is 0.184. The lowest BCUT2D eigenvalue weighted by Crippen LogP contribution is -2.47. The molecule has 146 valence electrons. The van der Waals surface area contributed by atoms with Gasteiger partial charge in [0.25, 0.3) is 0 Å². The van der Waals surface area contributed by atoms with Crippen LogP contribution in [0, 0.1) is 0 Å². The lowest BCUT2D eigenvalue weighted by molar-refractivity contribution is 0.217. The van der Waals surface area contributed by atoms with Crippen molar-refractivity contribution in [3.63, 3.8) is 0 Å². The second-order valence-corrected chi connectivity index (χ2v) is 7.42. The molecule has 0 aliphatic heterocycles. The Morgan fingerprint density at radius 2 is 1.75 bits per heavy atom. The number of hydrogen-bond donors (Lipinski definition) is 1. The number of methoxy groups -OCH3 is 1. The van der Waals surface area contributed by atoms with Crippen LogP contribution >= 0.6 is 0 Å². The Hall–Kier alpha value is -2.73. The highest BCUT2D eigenvalue weighted by atomic mass is 16.5. The minimum Gasteiger partial charge on any atom is -0.497 e. The molecule has 4 rings (SSSR count). The van der Waals surface area contributed by atoms with Gasteiger partial charge in [0.15, 0.2) is 5.82 Å². The van der Waals surface area contributed by atoms with E-state index < -0.39 is 0 Å². The fraction of sp³-hybridized carbons (Fsp3) is 0.409. The molecule has 0 atom stereocenters. The fourth-order valence-corrected chi connectivity index (χ4v) is 4.11. The molecular weight excluding hydrogens is 350 g/mol. The van der Waals surface area contributed by atoms with Gasteiger partial charge < -0.3 is 10.1 Å². The summed E-state index contributed by atoms with van der Waals surface area (Å²) in [6, 6.07) is 18.5. The van der Waals surface area contributed by atoms with Crippen molar-refractivity contribution in [3.8, 4) is 11.4 Å². The van der Waals surface area contributed by atoms with Gasteiger partial charge in [0.1, 0.15) is 5.75 Å². The van der Waals surface area contributed by atoms with E-state index in [1.54, 1.807) is 7.11 Å². The first-order valence-corrected chi connectivity index (χ1v) is 10.0. The Labute approximate surface area is 165 Å². The summed E-state index contributed by atoms with van der Waals surface area (Å²) in [5.41, 5.74) is 2.11. The van der Waals surface area contributed by atoms with Crippen molar-refractivity contribution in [2.45, 2.75) is 44.1 Å². The molecule has 6 nitrogen and oxygen atoms in total. The van der Waals surface area contributed by atoms with Crippen molar-refractivity contribution >= 4 is 0 Å². The van der Waals surface area contributed by atoms with Crippen molar-refractivity contribution in [2.75, 3.05) is 13.7 Å². The fourth-order valence-electron chi connectivity index (χ4n) is 4.11. The molecule has 6 heteroatoms. The summed E-state index contributed by atoms with van der Waals surface area (Å²) < 4.78 is 7.15. The molecule has 1 aliphatic carbocycles. The lowest BCUT2D eigenvalue weighted by Gasteiger charge is -2.37. The molecule has 1 N–H and O–H groups in total.